The van der Waals surface area contributed by atoms with Crippen molar-refractivity contribution in [2.45, 2.75) is 38.0 Å². The van der Waals surface area contributed by atoms with Gasteiger partial charge in [0.2, 0.25) is 0 Å². The first-order valence-corrected chi connectivity index (χ1v) is 6.62. The predicted molar refractivity (Wildman–Crippen MR) is 66.1 cm³/mol. The van der Waals surface area contributed by atoms with Crippen LogP contribution >= 0.6 is 0 Å². The maximum atomic E-state index is 12.0. The molecule has 4 heteroatoms. The molecule has 1 aliphatic carbocycles. The van der Waals surface area contributed by atoms with Crippen molar-refractivity contribution in [3.63, 3.8) is 0 Å². The van der Waals surface area contributed by atoms with Gasteiger partial charge in [-0.3, -0.25) is 4.79 Å². The summed E-state index contributed by atoms with van der Waals surface area (Å²) >= 11 is 0. The number of hydrogen-bond acceptors (Lipinski definition) is 3. The third-order valence-corrected chi connectivity index (χ3v) is 4.02. The molecular weight excluding hydrogens is 214 g/mol. The van der Waals surface area contributed by atoms with E-state index in [0.717, 1.165) is 43.7 Å². The second-order valence-corrected chi connectivity index (χ2v) is 5.32. The fourth-order valence-electron chi connectivity index (χ4n) is 2.84. The Labute approximate surface area is 101 Å². The second-order valence-electron chi connectivity index (χ2n) is 5.32. The molecule has 2 heterocycles. The molecule has 3 rings (SSSR count). The molecule has 2 fully saturated rings. The molecule has 0 spiro atoms. The Morgan fingerprint density at radius 2 is 2.06 bits per heavy atom. The monoisotopic (exact) mass is 233 g/mol. The third-order valence-electron chi connectivity index (χ3n) is 4.02. The van der Waals surface area contributed by atoms with Crippen LogP contribution in [0.1, 0.15) is 43.0 Å². The first kappa shape index (κ1) is 11.0. The molecule has 0 atom stereocenters. The van der Waals surface area contributed by atoms with Crippen molar-refractivity contribution >= 4 is 0 Å². The molecule has 2 aliphatic rings. The lowest BCUT2D eigenvalue weighted by Crippen LogP contribution is -2.43. The molecule has 92 valence electrons. The van der Waals surface area contributed by atoms with E-state index >= 15 is 0 Å². The van der Waals surface area contributed by atoms with E-state index in [0.29, 0.717) is 11.8 Å². The summed E-state index contributed by atoms with van der Waals surface area (Å²) in [7, 11) is 0. The van der Waals surface area contributed by atoms with Crippen LogP contribution in [-0.2, 0) is 6.42 Å². The lowest BCUT2D eigenvalue weighted by Gasteiger charge is -2.26. The van der Waals surface area contributed by atoms with Crippen LogP contribution in [0.2, 0.25) is 0 Å². The van der Waals surface area contributed by atoms with Crippen LogP contribution in [0.5, 0.6) is 0 Å². The van der Waals surface area contributed by atoms with E-state index in [-0.39, 0.29) is 5.56 Å². The van der Waals surface area contributed by atoms with Crippen LogP contribution in [0.15, 0.2) is 11.0 Å². The molecule has 0 radical (unpaired) electrons. The van der Waals surface area contributed by atoms with Crippen LogP contribution < -0.4 is 10.9 Å². The SMILES string of the molecule is O=c1[nH]c(CC2CNC2)ncc1C1CCCC1. The van der Waals surface area contributed by atoms with E-state index in [9.17, 15) is 4.79 Å². The third kappa shape index (κ3) is 2.27. The quantitative estimate of drug-likeness (QED) is 0.824. The Bertz CT molecular complexity index is 444. The molecule has 4 nitrogen and oxygen atoms in total. The Balaban J connectivity index is 1.75. The molecule has 1 saturated carbocycles. The first-order chi connectivity index (χ1) is 8.33. The van der Waals surface area contributed by atoms with Crippen molar-refractivity contribution < 1.29 is 0 Å². The van der Waals surface area contributed by atoms with Crippen LogP contribution in [0, 0.1) is 5.92 Å². The average Bonchev–Trinajstić information content (AvgIpc) is 2.77. The highest BCUT2D eigenvalue weighted by Gasteiger charge is 2.22. The molecule has 0 amide bonds. The van der Waals surface area contributed by atoms with Gasteiger partial charge in [-0.25, -0.2) is 4.98 Å². The van der Waals surface area contributed by atoms with Gasteiger partial charge >= 0.3 is 0 Å². The van der Waals surface area contributed by atoms with Gasteiger partial charge < -0.3 is 10.3 Å². The maximum Gasteiger partial charge on any atom is 0.254 e. The molecule has 1 aromatic heterocycles. The van der Waals surface area contributed by atoms with Gasteiger partial charge in [0, 0.05) is 18.2 Å². The topological polar surface area (TPSA) is 57.8 Å². The first-order valence-electron chi connectivity index (χ1n) is 6.62. The summed E-state index contributed by atoms with van der Waals surface area (Å²) in [5.74, 6) is 1.95. The highest BCUT2D eigenvalue weighted by Crippen LogP contribution is 2.31. The summed E-state index contributed by atoms with van der Waals surface area (Å²) in [6, 6.07) is 0. The summed E-state index contributed by atoms with van der Waals surface area (Å²) in [6.45, 7) is 2.10. The summed E-state index contributed by atoms with van der Waals surface area (Å²) in [5.41, 5.74) is 0.993. The zero-order valence-corrected chi connectivity index (χ0v) is 10.0. The van der Waals surface area contributed by atoms with Crippen LogP contribution in [-0.4, -0.2) is 23.1 Å². The van der Waals surface area contributed by atoms with E-state index in [1.54, 1.807) is 0 Å². The molecule has 1 aliphatic heterocycles. The van der Waals surface area contributed by atoms with Crippen molar-refractivity contribution in [3.05, 3.63) is 27.9 Å². The number of hydrogen-bond donors (Lipinski definition) is 2. The van der Waals surface area contributed by atoms with E-state index in [4.69, 9.17) is 0 Å². The van der Waals surface area contributed by atoms with Gasteiger partial charge in [0.05, 0.1) is 0 Å². The number of rotatable bonds is 3. The van der Waals surface area contributed by atoms with Crippen molar-refractivity contribution in [2.75, 3.05) is 13.1 Å². The molecule has 2 N–H and O–H groups in total. The largest absolute Gasteiger partial charge is 0.316 e. The number of H-pyrrole nitrogens is 1. The minimum Gasteiger partial charge on any atom is -0.316 e. The Morgan fingerprint density at radius 1 is 1.29 bits per heavy atom. The van der Waals surface area contributed by atoms with Crippen molar-refractivity contribution in [1.29, 1.82) is 0 Å². The van der Waals surface area contributed by atoms with Gasteiger partial charge in [0.15, 0.2) is 0 Å². The van der Waals surface area contributed by atoms with Gasteiger partial charge in [-0.2, -0.15) is 0 Å². The number of aromatic nitrogens is 2. The molecule has 1 saturated heterocycles. The minimum atomic E-state index is 0.0918. The molecule has 17 heavy (non-hydrogen) atoms. The highest BCUT2D eigenvalue weighted by atomic mass is 16.1. The van der Waals surface area contributed by atoms with Crippen molar-refractivity contribution in [3.8, 4) is 0 Å². The normalized spacial score (nSPS) is 21.6. The summed E-state index contributed by atoms with van der Waals surface area (Å²) < 4.78 is 0. The Hall–Kier alpha value is -1.16. The molecular formula is C13H19N3O. The lowest BCUT2D eigenvalue weighted by atomic mass is 9.98. The molecule has 1 aromatic rings. The van der Waals surface area contributed by atoms with Gasteiger partial charge in [-0.05, 0) is 37.8 Å². The average molecular weight is 233 g/mol. The highest BCUT2D eigenvalue weighted by molar-refractivity contribution is 5.13. The zero-order valence-electron chi connectivity index (χ0n) is 10.0. The number of nitrogens with zero attached hydrogens (tertiary/aromatic N) is 1. The van der Waals surface area contributed by atoms with Gasteiger partial charge in [-0.1, -0.05) is 12.8 Å². The van der Waals surface area contributed by atoms with Crippen LogP contribution in [0.3, 0.4) is 0 Å². The van der Waals surface area contributed by atoms with Gasteiger partial charge in [0.25, 0.3) is 5.56 Å². The van der Waals surface area contributed by atoms with Crippen molar-refractivity contribution in [2.24, 2.45) is 5.92 Å². The summed E-state index contributed by atoms with van der Waals surface area (Å²) in [4.78, 5) is 19.4. The molecule has 0 unspecified atom stereocenters. The summed E-state index contributed by atoms with van der Waals surface area (Å²) in [5, 5.41) is 3.23. The molecule has 0 bridgehead atoms. The summed E-state index contributed by atoms with van der Waals surface area (Å²) in [6.07, 6.45) is 7.51. The van der Waals surface area contributed by atoms with E-state index in [2.05, 4.69) is 15.3 Å². The van der Waals surface area contributed by atoms with E-state index in [1.807, 2.05) is 6.20 Å². The molecule has 0 aromatic carbocycles. The van der Waals surface area contributed by atoms with E-state index in [1.165, 1.54) is 12.8 Å². The van der Waals surface area contributed by atoms with Crippen LogP contribution in [0.4, 0.5) is 0 Å². The Morgan fingerprint density at radius 3 is 2.65 bits per heavy atom. The lowest BCUT2D eigenvalue weighted by molar-refractivity contribution is 0.340. The second kappa shape index (κ2) is 4.61. The van der Waals surface area contributed by atoms with Gasteiger partial charge in [0.1, 0.15) is 5.82 Å². The van der Waals surface area contributed by atoms with E-state index < -0.39 is 0 Å². The standard InChI is InChI=1S/C13H19N3O/c17-13-11(10-3-1-2-4-10)8-15-12(16-13)5-9-6-14-7-9/h8-10,14H,1-7H2,(H,15,16,17). The minimum absolute atomic E-state index is 0.0918. The van der Waals surface area contributed by atoms with Crippen molar-refractivity contribution in [1.82, 2.24) is 15.3 Å². The predicted octanol–water partition coefficient (Wildman–Crippen LogP) is 1.19. The fourth-order valence-corrected chi connectivity index (χ4v) is 2.84. The van der Waals surface area contributed by atoms with Gasteiger partial charge in [-0.15, -0.1) is 0 Å². The number of nitrogens with one attached hydrogen (secondary N) is 2. The number of aromatic amines is 1. The smallest absolute Gasteiger partial charge is 0.254 e. The zero-order chi connectivity index (χ0) is 11.7. The Kier molecular flexibility index (Phi) is 2.97. The fraction of sp³-hybridized carbons (Fsp3) is 0.692. The van der Waals surface area contributed by atoms with Crippen LogP contribution in [0.25, 0.3) is 0 Å². The maximum absolute atomic E-state index is 12.0.